The summed E-state index contributed by atoms with van der Waals surface area (Å²) < 4.78 is 14.7. The molecule has 2 heterocycles. The SMILES string of the molecule is Cc1nnnn1C(Cc1ccc(F)cc1)C(=O)N1CCC(CN)C1. The van der Waals surface area contributed by atoms with E-state index >= 15 is 0 Å². The molecular formula is C16H21FN6O. The summed E-state index contributed by atoms with van der Waals surface area (Å²) in [5.74, 6) is 0.594. The van der Waals surface area contributed by atoms with Gasteiger partial charge < -0.3 is 10.6 Å². The van der Waals surface area contributed by atoms with E-state index in [9.17, 15) is 9.18 Å². The molecule has 0 radical (unpaired) electrons. The van der Waals surface area contributed by atoms with Gasteiger partial charge in [-0.15, -0.1) is 5.10 Å². The molecule has 128 valence electrons. The molecule has 24 heavy (non-hydrogen) atoms. The van der Waals surface area contributed by atoms with Crippen LogP contribution in [-0.2, 0) is 11.2 Å². The molecule has 2 aromatic rings. The number of amides is 1. The summed E-state index contributed by atoms with van der Waals surface area (Å²) in [7, 11) is 0. The van der Waals surface area contributed by atoms with Crippen LogP contribution in [0.5, 0.6) is 0 Å². The van der Waals surface area contributed by atoms with Gasteiger partial charge in [0, 0.05) is 19.5 Å². The highest BCUT2D eigenvalue weighted by atomic mass is 19.1. The number of tetrazole rings is 1. The molecule has 1 aliphatic rings. The molecular weight excluding hydrogens is 311 g/mol. The van der Waals surface area contributed by atoms with Crippen LogP contribution in [0.15, 0.2) is 24.3 Å². The number of aryl methyl sites for hydroxylation is 1. The third-order valence-corrected chi connectivity index (χ3v) is 4.51. The molecule has 2 unspecified atom stereocenters. The Balaban J connectivity index is 1.84. The molecule has 1 fully saturated rings. The number of hydrogen-bond donors (Lipinski definition) is 1. The molecule has 1 saturated heterocycles. The normalized spacial score (nSPS) is 18.8. The Bertz CT molecular complexity index is 701. The average molecular weight is 332 g/mol. The maximum atomic E-state index is 13.1. The monoisotopic (exact) mass is 332 g/mol. The highest BCUT2D eigenvalue weighted by Gasteiger charge is 2.32. The van der Waals surface area contributed by atoms with Crippen molar-refractivity contribution in [1.82, 2.24) is 25.1 Å². The summed E-state index contributed by atoms with van der Waals surface area (Å²) in [5.41, 5.74) is 6.58. The zero-order valence-corrected chi connectivity index (χ0v) is 13.6. The van der Waals surface area contributed by atoms with Gasteiger partial charge >= 0.3 is 0 Å². The highest BCUT2D eigenvalue weighted by Crippen LogP contribution is 2.22. The van der Waals surface area contributed by atoms with E-state index in [-0.39, 0.29) is 11.7 Å². The Kier molecular flexibility index (Phi) is 4.84. The molecule has 1 amide bonds. The fraction of sp³-hybridized carbons (Fsp3) is 0.500. The number of rotatable bonds is 5. The van der Waals surface area contributed by atoms with Crippen molar-refractivity contribution in [3.63, 3.8) is 0 Å². The van der Waals surface area contributed by atoms with Gasteiger partial charge in [-0.25, -0.2) is 9.07 Å². The second-order valence-electron chi connectivity index (χ2n) is 6.19. The first-order valence-corrected chi connectivity index (χ1v) is 8.06. The van der Waals surface area contributed by atoms with Crippen molar-refractivity contribution >= 4 is 5.91 Å². The Morgan fingerprint density at radius 3 is 2.75 bits per heavy atom. The molecule has 2 atom stereocenters. The molecule has 1 aromatic heterocycles. The molecule has 2 N–H and O–H groups in total. The van der Waals surface area contributed by atoms with Crippen molar-refractivity contribution < 1.29 is 9.18 Å². The van der Waals surface area contributed by atoms with Crippen LogP contribution in [0.3, 0.4) is 0 Å². The van der Waals surface area contributed by atoms with Gasteiger partial charge in [-0.2, -0.15) is 0 Å². The van der Waals surface area contributed by atoms with Gasteiger partial charge in [0.05, 0.1) is 0 Å². The minimum atomic E-state index is -0.540. The summed E-state index contributed by atoms with van der Waals surface area (Å²) in [6.07, 6.45) is 1.33. The van der Waals surface area contributed by atoms with Crippen molar-refractivity contribution in [1.29, 1.82) is 0 Å². The molecule has 0 aliphatic carbocycles. The molecule has 1 aromatic carbocycles. The van der Waals surface area contributed by atoms with E-state index in [0.717, 1.165) is 12.0 Å². The van der Waals surface area contributed by atoms with Gasteiger partial charge in [0.25, 0.3) is 0 Å². The lowest BCUT2D eigenvalue weighted by Gasteiger charge is -2.24. The Morgan fingerprint density at radius 1 is 1.42 bits per heavy atom. The van der Waals surface area contributed by atoms with Crippen molar-refractivity contribution in [2.24, 2.45) is 11.7 Å². The van der Waals surface area contributed by atoms with E-state index in [2.05, 4.69) is 15.5 Å². The zero-order chi connectivity index (χ0) is 17.1. The quantitative estimate of drug-likeness (QED) is 0.871. The lowest BCUT2D eigenvalue weighted by Crippen LogP contribution is -2.38. The highest BCUT2D eigenvalue weighted by molar-refractivity contribution is 5.81. The van der Waals surface area contributed by atoms with Crippen molar-refractivity contribution in [3.05, 3.63) is 41.5 Å². The van der Waals surface area contributed by atoms with Gasteiger partial charge in [0.1, 0.15) is 17.7 Å². The first-order valence-electron chi connectivity index (χ1n) is 8.06. The van der Waals surface area contributed by atoms with Gasteiger partial charge in [0.15, 0.2) is 0 Å². The number of nitrogens with two attached hydrogens (primary N) is 1. The number of halogens is 1. The molecule has 7 nitrogen and oxygen atoms in total. The fourth-order valence-electron chi connectivity index (χ4n) is 3.08. The average Bonchev–Trinajstić information content (AvgIpc) is 3.22. The Hall–Kier alpha value is -2.35. The molecule has 0 spiro atoms. The smallest absolute Gasteiger partial charge is 0.247 e. The van der Waals surface area contributed by atoms with Crippen LogP contribution >= 0.6 is 0 Å². The van der Waals surface area contributed by atoms with E-state index in [1.807, 2.05) is 4.90 Å². The molecule has 8 heteroatoms. The van der Waals surface area contributed by atoms with E-state index < -0.39 is 6.04 Å². The number of likely N-dealkylation sites (tertiary alicyclic amines) is 1. The van der Waals surface area contributed by atoms with Crippen LogP contribution < -0.4 is 5.73 Å². The Labute approximate surface area is 139 Å². The summed E-state index contributed by atoms with van der Waals surface area (Å²) >= 11 is 0. The number of nitrogens with zero attached hydrogens (tertiary/aromatic N) is 5. The van der Waals surface area contributed by atoms with Crippen LogP contribution in [-0.4, -0.2) is 50.6 Å². The van der Waals surface area contributed by atoms with Crippen LogP contribution in [0.1, 0.15) is 23.9 Å². The third kappa shape index (κ3) is 3.43. The van der Waals surface area contributed by atoms with Crippen LogP contribution in [0.4, 0.5) is 4.39 Å². The maximum Gasteiger partial charge on any atom is 0.247 e. The van der Waals surface area contributed by atoms with E-state index in [4.69, 9.17) is 5.73 Å². The van der Waals surface area contributed by atoms with E-state index in [1.165, 1.54) is 12.1 Å². The minimum absolute atomic E-state index is 0.0225. The van der Waals surface area contributed by atoms with Gasteiger partial charge in [-0.3, -0.25) is 4.79 Å². The van der Waals surface area contributed by atoms with Gasteiger partial charge in [-0.1, -0.05) is 12.1 Å². The number of aromatic nitrogens is 4. The zero-order valence-electron chi connectivity index (χ0n) is 13.6. The lowest BCUT2D eigenvalue weighted by molar-refractivity contribution is -0.134. The second kappa shape index (κ2) is 7.04. The van der Waals surface area contributed by atoms with Crippen molar-refractivity contribution in [2.75, 3.05) is 19.6 Å². The van der Waals surface area contributed by atoms with Gasteiger partial charge in [0.2, 0.25) is 5.91 Å². The molecule has 3 rings (SSSR count). The fourth-order valence-corrected chi connectivity index (χ4v) is 3.08. The lowest BCUT2D eigenvalue weighted by atomic mass is 10.0. The first kappa shape index (κ1) is 16.5. The summed E-state index contributed by atoms with van der Waals surface area (Å²) in [6.45, 7) is 3.70. The summed E-state index contributed by atoms with van der Waals surface area (Å²) in [5, 5.41) is 11.5. The second-order valence-corrected chi connectivity index (χ2v) is 6.19. The number of hydrogen-bond acceptors (Lipinski definition) is 5. The molecule has 1 aliphatic heterocycles. The number of carbonyl (C=O) groups excluding carboxylic acids is 1. The number of carbonyl (C=O) groups is 1. The maximum absolute atomic E-state index is 13.1. The first-order chi connectivity index (χ1) is 11.6. The van der Waals surface area contributed by atoms with Crippen LogP contribution in [0.25, 0.3) is 0 Å². The standard InChI is InChI=1S/C16H21FN6O/c1-11-19-20-21-23(11)15(8-12-2-4-14(17)5-3-12)16(24)22-7-6-13(9-18)10-22/h2-5,13,15H,6-10,18H2,1H3. The number of benzene rings is 1. The largest absolute Gasteiger partial charge is 0.340 e. The Morgan fingerprint density at radius 2 is 2.17 bits per heavy atom. The van der Waals surface area contributed by atoms with Gasteiger partial charge in [-0.05, 0) is 53.9 Å². The van der Waals surface area contributed by atoms with Crippen molar-refractivity contribution in [3.8, 4) is 0 Å². The van der Waals surface area contributed by atoms with Crippen LogP contribution in [0.2, 0.25) is 0 Å². The van der Waals surface area contributed by atoms with Crippen molar-refractivity contribution in [2.45, 2.75) is 25.8 Å². The third-order valence-electron chi connectivity index (χ3n) is 4.51. The van der Waals surface area contributed by atoms with E-state index in [1.54, 1.807) is 23.7 Å². The topological polar surface area (TPSA) is 89.9 Å². The predicted molar refractivity (Wildman–Crippen MR) is 85.4 cm³/mol. The predicted octanol–water partition coefficient (Wildman–Crippen LogP) is 0.712. The molecule has 0 bridgehead atoms. The summed E-state index contributed by atoms with van der Waals surface area (Å²) in [6, 6.07) is 5.61. The summed E-state index contributed by atoms with van der Waals surface area (Å²) in [4.78, 5) is 14.8. The minimum Gasteiger partial charge on any atom is -0.340 e. The van der Waals surface area contributed by atoms with Crippen LogP contribution in [0, 0.1) is 18.7 Å². The van der Waals surface area contributed by atoms with E-state index in [0.29, 0.717) is 37.8 Å². The molecule has 0 saturated carbocycles.